The van der Waals surface area contributed by atoms with E-state index < -0.39 is 0 Å². The second kappa shape index (κ2) is 7.17. The molecule has 1 saturated heterocycles. The van der Waals surface area contributed by atoms with E-state index in [1.807, 2.05) is 23.3 Å². The lowest BCUT2D eigenvalue weighted by Crippen LogP contribution is -2.39. The number of ether oxygens (including phenoxy) is 2. The molecule has 1 N–H and O–H groups in total. The van der Waals surface area contributed by atoms with Gasteiger partial charge >= 0.3 is 0 Å². The molecule has 1 amide bonds. The second-order valence-corrected chi connectivity index (χ2v) is 5.83. The van der Waals surface area contributed by atoms with Crippen molar-refractivity contribution < 1.29 is 14.3 Å². The molecule has 0 bridgehead atoms. The fourth-order valence-electron chi connectivity index (χ4n) is 2.45. The molecule has 0 radical (unpaired) electrons. The summed E-state index contributed by atoms with van der Waals surface area (Å²) in [7, 11) is 3.29. The van der Waals surface area contributed by atoms with Gasteiger partial charge in [-0.05, 0) is 17.9 Å². The Labute approximate surface area is 123 Å². The lowest BCUT2D eigenvalue weighted by atomic mass is 10.2. The van der Waals surface area contributed by atoms with Crippen LogP contribution in [0.2, 0.25) is 0 Å². The van der Waals surface area contributed by atoms with Crippen molar-refractivity contribution in [1.29, 1.82) is 0 Å². The minimum absolute atomic E-state index is 0.0537. The van der Waals surface area contributed by atoms with Crippen LogP contribution in [0.5, 0.6) is 0 Å². The predicted octanol–water partition coefficient (Wildman–Crippen LogP) is 1.62. The Morgan fingerprint density at radius 2 is 2.30 bits per heavy atom. The van der Waals surface area contributed by atoms with Gasteiger partial charge < -0.3 is 14.4 Å². The highest BCUT2D eigenvalue weighted by Crippen LogP contribution is 2.29. The summed E-state index contributed by atoms with van der Waals surface area (Å²) in [5.41, 5.74) is 0. The SMILES string of the molecule is CCC1NC(c2cccs2)N(CC(COC)OC)C1=O. The first-order chi connectivity index (χ1) is 9.71. The molecule has 20 heavy (non-hydrogen) atoms. The average Bonchev–Trinajstić information content (AvgIpc) is 3.07. The summed E-state index contributed by atoms with van der Waals surface area (Å²) in [6, 6.07) is 3.95. The summed E-state index contributed by atoms with van der Waals surface area (Å²) < 4.78 is 10.5. The molecule has 2 rings (SSSR count). The summed E-state index contributed by atoms with van der Waals surface area (Å²) >= 11 is 1.66. The maximum Gasteiger partial charge on any atom is 0.241 e. The van der Waals surface area contributed by atoms with E-state index in [0.717, 1.165) is 11.3 Å². The van der Waals surface area contributed by atoms with E-state index >= 15 is 0 Å². The van der Waals surface area contributed by atoms with Crippen LogP contribution in [0.3, 0.4) is 0 Å². The van der Waals surface area contributed by atoms with Crippen molar-refractivity contribution in [2.45, 2.75) is 31.7 Å². The number of rotatable bonds is 7. The number of hydrogen-bond donors (Lipinski definition) is 1. The van der Waals surface area contributed by atoms with Gasteiger partial charge in [-0.25, -0.2) is 0 Å². The maximum atomic E-state index is 12.5. The second-order valence-electron chi connectivity index (χ2n) is 4.85. The van der Waals surface area contributed by atoms with E-state index in [1.54, 1.807) is 25.6 Å². The normalized spacial score (nSPS) is 24.4. The summed E-state index contributed by atoms with van der Waals surface area (Å²) in [5.74, 6) is 0.143. The van der Waals surface area contributed by atoms with Crippen LogP contribution in [0.1, 0.15) is 24.4 Å². The van der Waals surface area contributed by atoms with E-state index in [4.69, 9.17) is 9.47 Å². The van der Waals surface area contributed by atoms with Crippen LogP contribution < -0.4 is 5.32 Å². The lowest BCUT2D eigenvalue weighted by molar-refractivity contribution is -0.132. The van der Waals surface area contributed by atoms with Crippen LogP contribution in [0, 0.1) is 0 Å². The van der Waals surface area contributed by atoms with Crippen molar-refractivity contribution in [3.8, 4) is 0 Å². The van der Waals surface area contributed by atoms with Gasteiger partial charge in [0.2, 0.25) is 5.91 Å². The first-order valence-corrected chi connectivity index (χ1v) is 7.70. The number of hydrogen-bond acceptors (Lipinski definition) is 5. The minimum atomic E-state index is -0.109. The third-order valence-corrected chi connectivity index (χ3v) is 4.48. The monoisotopic (exact) mass is 298 g/mol. The number of carbonyl (C=O) groups is 1. The molecule has 1 aromatic heterocycles. The molecular formula is C14H22N2O3S. The van der Waals surface area contributed by atoms with Gasteiger partial charge in [-0.3, -0.25) is 10.1 Å². The van der Waals surface area contributed by atoms with Gasteiger partial charge in [0.1, 0.15) is 6.17 Å². The lowest BCUT2D eigenvalue weighted by Gasteiger charge is -2.27. The van der Waals surface area contributed by atoms with Crippen molar-refractivity contribution in [2.75, 3.05) is 27.4 Å². The molecule has 3 unspecified atom stereocenters. The third kappa shape index (κ3) is 3.20. The standard InChI is InChI=1S/C14H22N2O3S/c1-4-11-14(17)16(8-10(19-3)9-18-2)13(15-11)12-6-5-7-20-12/h5-7,10-11,13,15H,4,8-9H2,1-3H3. The molecular weight excluding hydrogens is 276 g/mol. The van der Waals surface area contributed by atoms with Crippen molar-refractivity contribution in [3.05, 3.63) is 22.4 Å². The first-order valence-electron chi connectivity index (χ1n) is 6.82. The molecule has 1 aromatic rings. The van der Waals surface area contributed by atoms with Crippen LogP contribution in [-0.4, -0.2) is 50.3 Å². The Bertz CT molecular complexity index is 424. The summed E-state index contributed by atoms with van der Waals surface area (Å²) in [6.07, 6.45) is 0.629. The zero-order valence-corrected chi connectivity index (χ0v) is 13.0. The van der Waals surface area contributed by atoms with E-state index in [0.29, 0.717) is 13.2 Å². The molecule has 1 aliphatic heterocycles. The highest BCUT2D eigenvalue weighted by Gasteiger charge is 2.39. The molecule has 5 nitrogen and oxygen atoms in total. The van der Waals surface area contributed by atoms with Crippen LogP contribution in [0.25, 0.3) is 0 Å². The molecule has 0 aromatic carbocycles. The Morgan fingerprint density at radius 3 is 2.85 bits per heavy atom. The zero-order chi connectivity index (χ0) is 14.5. The summed E-state index contributed by atoms with van der Waals surface area (Å²) in [5, 5.41) is 5.43. The van der Waals surface area contributed by atoms with Gasteiger partial charge in [0.15, 0.2) is 0 Å². The van der Waals surface area contributed by atoms with Gasteiger partial charge in [0.25, 0.3) is 0 Å². The third-order valence-electron chi connectivity index (χ3n) is 3.56. The first kappa shape index (κ1) is 15.4. The van der Waals surface area contributed by atoms with Crippen molar-refractivity contribution in [3.63, 3.8) is 0 Å². The number of methoxy groups -OCH3 is 2. The maximum absolute atomic E-state index is 12.5. The molecule has 0 spiro atoms. The molecule has 0 saturated carbocycles. The van der Waals surface area contributed by atoms with Gasteiger partial charge in [-0.2, -0.15) is 0 Å². The molecule has 1 fully saturated rings. The Balaban J connectivity index is 2.14. The molecule has 112 valence electrons. The number of amides is 1. The molecule has 3 atom stereocenters. The van der Waals surface area contributed by atoms with Crippen LogP contribution >= 0.6 is 11.3 Å². The van der Waals surface area contributed by atoms with Gasteiger partial charge in [0.05, 0.1) is 25.3 Å². The van der Waals surface area contributed by atoms with Crippen LogP contribution in [0.4, 0.5) is 0 Å². The molecule has 0 aliphatic carbocycles. The molecule has 1 aliphatic rings. The van der Waals surface area contributed by atoms with Crippen molar-refractivity contribution in [1.82, 2.24) is 10.2 Å². The average molecular weight is 298 g/mol. The molecule has 2 heterocycles. The van der Waals surface area contributed by atoms with E-state index in [-0.39, 0.29) is 24.2 Å². The number of thiophene rings is 1. The van der Waals surface area contributed by atoms with Gasteiger partial charge in [0, 0.05) is 19.1 Å². The van der Waals surface area contributed by atoms with Gasteiger partial charge in [-0.15, -0.1) is 11.3 Å². The predicted molar refractivity (Wildman–Crippen MR) is 78.7 cm³/mol. The number of carbonyl (C=O) groups excluding carboxylic acids is 1. The van der Waals surface area contributed by atoms with Crippen LogP contribution in [0.15, 0.2) is 17.5 Å². The largest absolute Gasteiger partial charge is 0.382 e. The Kier molecular flexibility index (Phi) is 5.54. The van der Waals surface area contributed by atoms with Crippen LogP contribution in [-0.2, 0) is 14.3 Å². The smallest absolute Gasteiger partial charge is 0.241 e. The summed E-state index contributed by atoms with van der Waals surface area (Å²) in [4.78, 5) is 15.5. The minimum Gasteiger partial charge on any atom is -0.382 e. The van der Waals surface area contributed by atoms with E-state index in [9.17, 15) is 4.79 Å². The van der Waals surface area contributed by atoms with Crippen molar-refractivity contribution >= 4 is 17.2 Å². The topological polar surface area (TPSA) is 50.8 Å². The Morgan fingerprint density at radius 1 is 1.50 bits per heavy atom. The summed E-state index contributed by atoms with van der Waals surface area (Å²) in [6.45, 7) is 3.04. The van der Waals surface area contributed by atoms with E-state index in [2.05, 4.69) is 11.4 Å². The number of nitrogens with zero attached hydrogens (tertiary/aromatic N) is 1. The highest BCUT2D eigenvalue weighted by molar-refractivity contribution is 7.10. The zero-order valence-electron chi connectivity index (χ0n) is 12.2. The van der Waals surface area contributed by atoms with Gasteiger partial charge in [-0.1, -0.05) is 13.0 Å². The number of nitrogens with one attached hydrogen (secondary N) is 1. The quantitative estimate of drug-likeness (QED) is 0.831. The van der Waals surface area contributed by atoms with E-state index in [1.165, 1.54) is 0 Å². The highest BCUT2D eigenvalue weighted by atomic mass is 32.1. The molecule has 6 heteroatoms. The fourth-order valence-corrected chi connectivity index (χ4v) is 3.25. The fraction of sp³-hybridized carbons (Fsp3) is 0.643. The van der Waals surface area contributed by atoms with Crippen molar-refractivity contribution in [2.24, 2.45) is 0 Å². The Hall–Kier alpha value is -0.950.